The fourth-order valence-corrected chi connectivity index (χ4v) is 3.52. The van der Waals surface area contributed by atoms with Crippen LogP contribution in [-0.2, 0) is 14.2 Å². The molecule has 0 saturated carbocycles. The molecule has 0 amide bonds. The van der Waals surface area contributed by atoms with E-state index >= 15 is 0 Å². The van der Waals surface area contributed by atoms with Crippen LogP contribution in [-0.4, -0.2) is 55.1 Å². The van der Waals surface area contributed by atoms with E-state index in [1.165, 1.54) is 0 Å². The third-order valence-corrected chi connectivity index (χ3v) is 5.12. The molecule has 0 aliphatic carbocycles. The average Bonchev–Trinajstić information content (AvgIpc) is 2.82. The molecular weight excluding hydrogens is 396 g/mol. The molecule has 4 rings (SSSR count). The Morgan fingerprint density at radius 1 is 1.06 bits per heavy atom. The summed E-state index contributed by atoms with van der Waals surface area (Å²) in [5, 5.41) is 0.858. The number of aromatic nitrogens is 2. The average molecular weight is 422 g/mol. The molecule has 1 aliphatic rings. The van der Waals surface area contributed by atoms with Crippen LogP contribution in [0.5, 0.6) is 5.75 Å². The molecule has 2 aromatic heterocycles. The van der Waals surface area contributed by atoms with Gasteiger partial charge >= 0.3 is 5.97 Å². The molecule has 0 atom stereocenters. The Bertz CT molecular complexity index is 1020. The van der Waals surface area contributed by atoms with E-state index in [9.17, 15) is 4.79 Å². The van der Waals surface area contributed by atoms with E-state index < -0.39 is 5.97 Å². The first kappa shape index (κ1) is 21.2. The van der Waals surface area contributed by atoms with Crippen LogP contribution in [0.25, 0.3) is 22.0 Å². The van der Waals surface area contributed by atoms with Gasteiger partial charge in [-0.2, -0.15) is 0 Å². The van der Waals surface area contributed by atoms with Gasteiger partial charge in [0.25, 0.3) is 0 Å². The first-order chi connectivity index (χ1) is 15.2. The molecule has 1 aliphatic heterocycles. The molecule has 162 valence electrons. The molecule has 0 radical (unpaired) electrons. The molecule has 0 N–H and O–H groups in total. The number of carbonyl (C=O) groups excluding carboxylic acids is 1. The Morgan fingerprint density at radius 3 is 2.65 bits per heavy atom. The van der Waals surface area contributed by atoms with Crippen LogP contribution in [0.3, 0.4) is 0 Å². The largest absolute Gasteiger partial charge is 0.491 e. The van der Waals surface area contributed by atoms with Gasteiger partial charge in [0.1, 0.15) is 18.1 Å². The van der Waals surface area contributed by atoms with Crippen molar-refractivity contribution in [2.24, 2.45) is 0 Å². The second-order valence-electron chi connectivity index (χ2n) is 7.23. The van der Waals surface area contributed by atoms with Gasteiger partial charge in [-0.05, 0) is 49.6 Å². The van der Waals surface area contributed by atoms with E-state index in [1.807, 2.05) is 30.3 Å². The lowest BCUT2D eigenvalue weighted by atomic mass is 10.0. The van der Waals surface area contributed by atoms with Gasteiger partial charge in [0.05, 0.1) is 24.8 Å². The Kier molecular flexibility index (Phi) is 7.07. The van der Waals surface area contributed by atoms with Crippen LogP contribution in [0.2, 0.25) is 0 Å². The van der Waals surface area contributed by atoms with Crippen LogP contribution in [0.15, 0.2) is 48.8 Å². The van der Waals surface area contributed by atoms with Crippen molar-refractivity contribution in [3.05, 3.63) is 54.5 Å². The zero-order valence-electron chi connectivity index (χ0n) is 17.6. The zero-order valence-corrected chi connectivity index (χ0v) is 17.6. The predicted molar refractivity (Wildman–Crippen MR) is 116 cm³/mol. The van der Waals surface area contributed by atoms with Crippen LogP contribution < -0.4 is 4.74 Å². The molecule has 3 heterocycles. The Hall–Kier alpha value is -3.03. The van der Waals surface area contributed by atoms with Crippen molar-refractivity contribution in [3.63, 3.8) is 0 Å². The number of pyridine rings is 2. The molecule has 1 saturated heterocycles. The summed E-state index contributed by atoms with van der Waals surface area (Å²) in [4.78, 5) is 20.9. The predicted octanol–water partition coefficient (Wildman–Crippen LogP) is 4.05. The van der Waals surface area contributed by atoms with Gasteiger partial charge in [0.15, 0.2) is 0 Å². The minimum absolute atomic E-state index is 0.269. The van der Waals surface area contributed by atoms with Crippen molar-refractivity contribution in [2.75, 3.05) is 33.0 Å². The van der Waals surface area contributed by atoms with Crippen LogP contribution in [0.1, 0.15) is 30.3 Å². The van der Waals surface area contributed by atoms with E-state index in [0.717, 1.165) is 48.3 Å². The molecule has 31 heavy (non-hydrogen) atoms. The van der Waals surface area contributed by atoms with Crippen molar-refractivity contribution in [3.8, 4) is 16.9 Å². The summed E-state index contributed by atoms with van der Waals surface area (Å²) in [6.45, 7) is 4.67. The summed E-state index contributed by atoms with van der Waals surface area (Å²) in [7, 11) is 0. The number of nitrogens with zero attached hydrogens (tertiary/aromatic N) is 2. The number of carbonyl (C=O) groups is 1. The molecule has 1 fully saturated rings. The molecule has 3 aromatic rings. The number of hydrogen-bond acceptors (Lipinski definition) is 7. The molecule has 0 unspecified atom stereocenters. The summed E-state index contributed by atoms with van der Waals surface area (Å²) in [5.74, 6) is 0.339. The number of ether oxygens (including phenoxy) is 4. The maximum atomic E-state index is 12.1. The molecule has 7 nitrogen and oxygen atoms in total. The first-order valence-electron chi connectivity index (χ1n) is 10.6. The minimum atomic E-state index is -0.432. The Labute approximate surface area is 181 Å². The Morgan fingerprint density at radius 2 is 1.87 bits per heavy atom. The highest BCUT2D eigenvalue weighted by Crippen LogP contribution is 2.28. The number of hydrogen-bond donors (Lipinski definition) is 0. The Balaban J connectivity index is 1.43. The third-order valence-electron chi connectivity index (χ3n) is 5.12. The van der Waals surface area contributed by atoms with E-state index in [1.54, 1.807) is 25.4 Å². The molecule has 0 spiro atoms. The van der Waals surface area contributed by atoms with Crippen LogP contribution in [0, 0.1) is 0 Å². The quantitative estimate of drug-likeness (QED) is 0.400. The molecule has 7 heteroatoms. The van der Waals surface area contributed by atoms with Crippen molar-refractivity contribution in [1.82, 2.24) is 9.97 Å². The number of esters is 1. The summed E-state index contributed by atoms with van der Waals surface area (Å²) in [5.41, 5.74) is 2.78. The first-order valence-corrected chi connectivity index (χ1v) is 10.6. The number of fused-ring (bicyclic) bond motifs is 1. The van der Waals surface area contributed by atoms with Gasteiger partial charge in [-0.3, -0.25) is 4.98 Å². The van der Waals surface area contributed by atoms with Gasteiger partial charge in [-0.15, -0.1) is 0 Å². The normalized spacial score (nSPS) is 14.5. The second kappa shape index (κ2) is 10.3. The highest BCUT2D eigenvalue weighted by molar-refractivity contribution is 5.96. The molecule has 1 aromatic carbocycles. The maximum Gasteiger partial charge on any atom is 0.356 e. The van der Waals surface area contributed by atoms with Crippen molar-refractivity contribution in [1.29, 1.82) is 0 Å². The summed E-state index contributed by atoms with van der Waals surface area (Å²) >= 11 is 0. The standard InChI is InChI=1S/C24H26N2O5/c1-2-29-24(27)22-8-5-18-15-25-16-21(23(18)26-22)17-3-6-19(7-4-17)30-13-14-31-20-9-11-28-12-10-20/h3-8,15-16,20H,2,9-14H2,1H3. The summed E-state index contributed by atoms with van der Waals surface area (Å²) in [6.07, 6.45) is 5.64. The maximum absolute atomic E-state index is 12.1. The van der Waals surface area contributed by atoms with Crippen LogP contribution >= 0.6 is 0 Å². The van der Waals surface area contributed by atoms with Gasteiger partial charge in [0.2, 0.25) is 0 Å². The van der Waals surface area contributed by atoms with Gasteiger partial charge < -0.3 is 18.9 Å². The van der Waals surface area contributed by atoms with E-state index in [0.29, 0.717) is 25.3 Å². The highest BCUT2D eigenvalue weighted by atomic mass is 16.5. The fourth-order valence-electron chi connectivity index (χ4n) is 3.52. The van der Waals surface area contributed by atoms with E-state index in [4.69, 9.17) is 18.9 Å². The number of benzene rings is 1. The lowest BCUT2D eigenvalue weighted by molar-refractivity contribution is -0.0388. The van der Waals surface area contributed by atoms with Crippen molar-refractivity contribution >= 4 is 16.9 Å². The SMILES string of the molecule is CCOC(=O)c1ccc2cncc(-c3ccc(OCCOC4CCOCC4)cc3)c2n1. The lowest BCUT2D eigenvalue weighted by Gasteiger charge is -2.22. The molecule has 0 bridgehead atoms. The highest BCUT2D eigenvalue weighted by Gasteiger charge is 2.14. The zero-order chi connectivity index (χ0) is 21.5. The number of rotatable bonds is 8. The summed E-state index contributed by atoms with van der Waals surface area (Å²) in [6, 6.07) is 11.2. The summed E-state index contributed by atoms with van der Waals surface area (Å²) < 4.78 is 22.0. The topological polar surface area (TPSA) is 79.8 Å². The van der Waals surface area contributed by atoms with Gasteiger partial charge in [0, 0.05) is 36.6 Å². The lowest BCUT2D eigenvalue weighted by Crippen LogP contribution is -2.25. The second-order valence-corrected chi connectivity index (χ2v) is 7.23. The molecular formula is C24H26N2O5. The monoisotopic (exact) mass is 422 g/mol. The fraction of sp³-hybridized carbons (Fsp3) is 0.375. The van der Waals surface area contributed by atoms with E-state index in [-0.39, 0.29) is 11.8 Å². The van der Waals surface area contributed by atoms with Crippen molar-refractivity contribution < 1.29 is 23.7 Å². The smallest absolute Gasteiger partial charge is 0.356 e. The van der Waals surface area contributed by atoms with Gasteiger partial charge in [-0.25, -0.2) is 9.78 Å². The van der Waals surface area contributed by atoms with Crippen LogP contribution in [0.4, 0.5) is 0 Å². The third kappa shape index (κ3) is 5.37. The van der Waals surface area contributed by atoms with Gasteiger partial charge in [-0.1, -0.05) is 12.1 Å². The minimum Gasteiger partial charge on any atom is -0.491 e. The van der Waals surface area contributed by atoms with E-state index in [2.05, 4.69) is 9.97 Å². The van der Waals surface area contributed by atoms with Crippen molar-refractivity contribution in [2.45, 2.75) is 25.9 Å².